The molecule has 2 nitrogen and oxygen atoms in total. The molecule has 0 saturated heterocycles. The zero-order valence-electron chi connectivity index (χ0n) is 9.46. The predicted octanol–water partition coefficient (Wildman–Crippen LogP) is 3.35. The summed E-state index contributed by atoms with van der Waals surface area (Å²) >= 11 is 0. The Morgan fingerprint density at radius 3 is 2.67 bits per heavy atom. The fraction of sp³-hybridized carbons (Fsp3) is 0.462. The lowest BCUT2D eigenvalue weighted by atomic mass is 10.1. The zero-order valence-corrected chi connectivity index (χ0v) is 9.46. The van der Waals surface area contributed by atoms with E-state index in [-0.39, 0.29) is 6.04 Å². The monoisotopic (exact) mass is 202 g/mol. The van der Waals surface area contributed by atoms with Crippen LogP contribution in [0, 0.1) is 11.3 Å². The number of nitrogens with one attached hydrogen (secondary N) is 1. The van der Waals surface area contributed by atoms with Crippen molar-refractivity contribution in [2.24, 2.45) is 0 Å². The number of anilines is 1. The number of nitrogens with zero attached hydrogens (tertiary/aromatic N) is 1. The van der Waals surface area contributed by atoms with E-state index in [4.69, 9.17) is 5.26 Å². The van der Waals surface area contributed by atoms with Crippen LogP contribution in [0.15, 0.2) is 24.3 Å². The third-order valence-electron chi connectivity index (χ3n) is 2.43. The molecule has 0 radical (unpaired) electrons. The highest BCUT2D eigenvalue weighted by atomic mass is 14.9. The molecule has 0 heterocycles. The van der Waals surface area contributed by atoms with Crippen LogP contribution in [0.1, 0.15) is 32.3 Å². The van der Waals surface area contributed by atoms with Crippen LogP contribution in [-0.4, -0.2) is 6.04 Å². The molecular weight excluding hydrogens is 184 g/mol. The lowest BCUT2D eigenvalue weighted by Gasteiger charge is -2.14. The molecule has 1 aromatic carbocycles. The standard InChI is InChI=1S/C13H18N2/c1-3-7-11-8-5-6-9-13(11)15-12(4-2)10-14/h5-6,8-9,12,15H,3-4,7H2,1-2H3. The number of benzene rings is 1. The van der Waals surface area contributed by atoms with Gasteiger partial charge in [0.15, 0.2) is 0 Å². The Labute approximate surface area is 91.9 Å². The highest BCUT2D eigenvalue weighted by Gasteiger charge is 2.06. The second kappa shape index (κ2) is 6.08. The Kier molecular flexibility index (Phi) is 4.70. The Balaban J connectivity index is 2.79. The van der Waals surface area contributed by atoms with Crippen molar-refractivity contribution in [1.29, 1.82) is 5.26 Å². The van der Waals surface area contributed by atoms with Gasteiger partial charge in [0.2, 0.25) is 0 Å². The second-order valence-electron chi connectivity index (χ2n) is 3.64. The number of nitriles is 1. The van der Waals surface area contributed by atoms with Gasteiger partial charge in [-0.25, -0.2) is 0 Å². The second-order valence-corrected chi connectivity index (χ2v) is 3.64. The SMILES string of the molecule is CCCc1ccccc1NC(C#N)CC. The van der Waals surface area contributed by atoms with Gasteiger partial charge in [0, 0.05) is 5.69 Å². The number of hydrogen-bond acceptors (Lipinski definition) is 2. The average Bonchev–Trinajstić information content (AvgIpc) is 2.28. The summed E-state index contributed by atoms with van der Waals surface area (Å²) in [4.78, 5) is 0. The molecule has 0 aliphatic carbocycles. The lowest BCUT2D eigenvalue weighted by Crippen LogP contribution is -2.16. The minimum atomic E-state index is -0.0805. The highest BCUT2D eigenvalue weighted by Crippen LogP contribution is 2.18. The van der Waals surface area contributed by atoms with E-state index < -0.39 is 0 Å². The summed E-state index contributed by atoms with van der Waals surface area (Å²) in [6, 6.07) is 10.4. The summed E-state index contributed by atoms with van der Waals surface area (Å²) in [7, 11) is 0. The Morgan fingerprint density at radius 1 is 1.33 bits per heavy atom. The summed E-state index contributed by atoms with van der Waals surface area (Å²) in [5.74, 6) is 0. The molecule has 1 aromatic rings. The molecule has 0 amide bonds. The highest BCUT2D eigenvalue weighted by molar-refractivity contribution is 5.52. The van der Waals surface area contributed by atoms with E-state index >= 15 is 0 Å². The van der Waals surface area contributed by atoms with Crippen molar-refractivity contribution >= 4 is 5.69 Å². The van der Waals surface area contributed by atoms with E-state index in [1.165, 1.54) is 5.56 Å². The molecule has 0 aliphatic heterocycles. The molecular formula is C13H18N2. The lowest BCUT2D eigenvalue weighted by molar-refractivity contribution is 0.837. The van der Waals surface area contributed by atoms with Crippen molar-refractivity contribution in [2.75, 3.05) is 5.32 Å². The van der Waals surface area contributed by atoms with E-state index in [0.29, 0.717) is 0 Å². The molecule has 1 rings (SSSR count). The minimum Gasteiger partial charge on any atom is -0.370 e. The first-order valence-electron chi connectivity index (χ1n) is 5.55. The molecule has 0 fully saturated rings. The van der Waals surface area contributed by atoms with Gasteiger partial charge in [-0.3, -0.25) is 0 Å². The van der Waals surface area contributed by atoms with Crippen molar-refractivity contribution in [3.8, 4) is 6.07 Å². The first-order valence-corrected chi connectivity index (χ1v) is 5.55. The Bertz CT molecular complexity index is 339. The first kappa shape index (κ1) is 11.6. The number of para-hydroxylation sites is 1. The van der Waals surface area contributed by atoms with E-state index in [2.05, 4.69) is 24.4 Å². The summed E-state index contributed by atoms with van der Waals surface area (Å²) in [5, 5.41) is 12.2. The van der Waals surface area contributed by atoms with Crippen LogP contribution in [0.4, 0.5) is 5.69 Å². The van der Waals surface area contributed by atoms with Crippen LogP contribution >= 0.6 is 0 Å². The van der Waals surface area contributed by atoms with Crippen LogP contribution in [0.25, 0.3) is 0 Å². The fourth-order valence-corrected chi connectivity index (χ4v) is 1.56. The average molecular weight is 202 g/mol. The maximum Gasteiger partial charge on any atom is 0.114 e. The van der Waals surface area contributed by atoms with Crippen LogP contribution in [-0.2, 0) is 6.42 Å². The van der Waals surface area contributed by atoms with Gasteiger partial charge in [-0.1, -0.05) is 38.5 Å². The van der Waals surface area contributed by atoms with Crippen LogP contribution in [0.3, 0.4) is 0 Å². The smallest absolute Gasteiger partial charge is 0.114 e. The van der Waals surface area contributed by atoms with Crippen molar-refractivity contribution < 1.29 is 0 Å². The van der Waals surface area contributed by atoms with E-state index in [0.717, 1.165) is 24.9 Å². The summed E-state index contributed by atoms with van der Waals surface area (Å²) in [6.07, 6.45) is 3.02. The Morgan fingerprint density at radius 2 is 2.07 bits per heavy atom. The molecule has 0 spiro atoms. The van der Waals surface area contributed by atoms with Crippen molar-refractivity contribution in [3.05, 3.63) is 29.8 Å². The predicted molar refractivity (Wildman–Crippen MR) is 63.8 cm³/mol. The largest absolute Gasteiger partial charge is 0.370 e. The molecule has 80 valence electrons. The molecule has 1 N–H and O–H groups in total. The van der Waals surface area contributed by atoms with Crippen molar-refractivity contribution in [2.45, 2.75) is 39.2 Å². The number of rotatable bonds is 5. The molecule has 0 aliphatic rings. The minimum absolute atomic E-state index is 0.0805. The maximum atomic E-state index is 8.90. The van der Waals surface area contributed by atoms with Crippen LogP contribution < -0.4 is 5.32 Å². The van der Waals surface area contributed by atoms with Crippen molar-refractivity contribution in [3.63, 3.8) is 0 Å². The van der Waals surface area contributed by atoms with Gasteiger partial charge >= 0.3 is 0 Å². The summed E-state index contributed by atoms with van der Waals surface area (Å²) < 4.78 is 0. The number of hydrogen-bond donors (Lipinski definition) is 1. The molecule has 1 atom stereocenters. The van der Waals surface area contributed by atoms with Crippen LogP contribution in [0.5, 0.6) is 0 Å². The first-order chi connectivity index (χ1) is 7.31. The van der Waals surface area contributed by atoms with Gasteiger partial charge in [0.25, 0.3) is 0 Å². The third kappa shape index (κ3) is 3.28. The quantitative estimate of drug-likeness (QED) is 0.794. The van der Waals surface area contributed by atoms with Gasteiger partial charge in [-0.05, 0) is 24.5 Å². The molecule has 2 heteroatoms. The van der Waals surface area contributed by atoms with Gasteiger partial charge < -0.3 is 5.32 Å². The maximum absolute atomic E-state index is 8.90. The molecule has 15 heavy (non-hydrogen) atoms. The van der Waals surface area contributed by atoms with Gasteiger partial charge in [0.1, 0.15) is 6.04 Å². The third-order valence-corrected chi connectivity index (χ3v) is 2.43. The number of aryl methyl sites for hydroxylation is 1. The normalized spacial score (nSPS) is 11.8. The zero-order chi connectivity index (χ0) is 11.1. The summed E-state index contributed by atoms with van der Waals surface area (Å²) in [6.45, 7) is 4.18. The van der Waals surface area contributed by atoms with Gasteiger partial charge in [-0.15, -0.1) is 0 Å². The molecule has 0 aromatic heterocycles. The van der Waals surface area contributed by atoms with Gasteiger partial charge in [-0.2, -0.15) is 5.26 Å². The van der Waals surface area contributed by atoms with E-state index in [1.54, 1.807) is 0 Å². The molecule has 1 unspecified atom stereocenters. The summed E-state index contributed by atoms with van der Waals surface area (Å²) in [5.41, 5.74) is 2.40. The van der Waals surface area contributed by atoms with Crippen molar-refractivity contribution in [1.82, 2.24) is 0 Å². The molecule has 0 bridgehead atoms. The fourth-order valence-electron chi connectivity index (χ4n) is 1.56. The Hall–Kier alpha value is -1.49. The van der Waals surface area contributed by atoms with E-state index in [9.17, 15) is 0 Å². The van der Waals surface area contributed by atoms with E-state index in [1.807, 2.05) is 25.1 Å². The van der Waals surface area contributed by atoms with Crippen LogP contribution in [0.2, 0.25) is 0 Å². The van der Waals surface area contributed by atoms with Gasteiger partial charge in [0.05, 0.1) is 6.07 Å². The molecule has 0 saturated carbocycles. The topological polar surface area (TPSA) is 35.8 Å².